The van der Waals surface area contributed by atoms with Gasteiger partial charge >= 0.3 is 0 Å². The van der Waals surface area contributed by atoms with Gasteiger partial charge in [0.25, 0.3) is 5.22 Å². The third-order valence-corrected chi connectivity index (χ3v) is 5.62. The fraction of sp³-hybridized carbons (Fsp3) is 0.120. The van der Waals surface area contributed by atoms with Crippen LogP contribution in [0, 0.1) is 0 Å². The first kappa shape index (κ1) is 21.2. The van der Waals surface area contributed by atoms with Crippen molar-refractivity contribution < 1.29 is 13.9 Å². The van der Waals surface area contributed by atoms with Crippen molar-refractivity contribution in [3.05, 3.63) is 95.0 Å². The minimum atomic E-state index is -0.0683. The van der Waals surface area contributed by atoms with Gasteiger partial charge in [-0.15, -0.1) is 0 Å². The molecule has 4 nitrogen and oxygen atoms in total. The van der Waals surface area contributed by atoms with E-state index in [-0.39, 0.29) is 5.78 Å². The first-order chi connectivity index (χ1) is 15.2. The summed E-state index contributed by atoms with van der Waals surface area (Å²) in [4.78, 5) is 16.8. The first-order valence-corrected chi connectivity index (χ1v) is 11.2. The van der Waals surface area contributed by atoms with Gasteiger partial charge in [-0.25, -0.2) is 4.98 Å². The molecule has 1 heterocycles. The van der Waals surface area contributed by atoms with Crippen LogP contribution >= 0.6 is 23.4 Å². The molecule has 4 rings (SSSR count). The van der Waals surface area contributed by atoms with E-state index in [9.17, 15) is 4.79 Å². The second-order valence-corrected chi connectivity index (χ2v) is 8.26. The highest BCUT2D eigenvalue weighted by Gasteiger charge is 2.06. The summed E-state index contributed by atoms with van der Waals surface area (Å²) in [6.45, 7) is 0.579. The predicted octanol–water partition coefficient (Wildman–Crippen LogP) is 6.94. The maximum atomic E-state index is 12.3. The molecule has 0 N–H and O–H groups in total. The zero-order valence-corrected chi connectivity index (χ0v) is 18.2. The van der Waals surface area contributed by atoms with Gasteiger partial charge in [0.05, 0.1) is 6.61 Å². The smallest absolute Gasteiger partial charge is 0.256 e. The number of thioether (sulfide) groups is 1. The summed E-state index contributed by atoms with van der Waals surface area (Å²) < 4.78 is 11.5. The molecule has 0 atom stereocenters. The monoisotopic (exact) mass is 449 g/mol. The number of aromatic nitrogens is 1. The fourth-order valence-corrected chi connectivity index (χ4v) is 3.86. The van der Waals surface area contributed by atoms with Crippen molar-refractivity contribution in [3.8, 4) is 5.75 Å². The molecule has 1 aromatic heterocycles. The molecule has 6 heteroatoms. The minimum Gasteiger partial charge on any atom is -0.494 e. The summed E-state index contributed by atoms with van der Waals surface area (Å²) >= 11 is 7.54. The SMILES string of the molecule is O=C(C=Cc1cccc(Cl)c1)c1ccc(OCCCSc2nc3ccccc3o2)cc1. The number of ether oxygens (including phenoxy) is 1. The zero-order valence-electron chi connectivity index (χ0n) is 16.7. The first-order valence-electron chi connectivity index (χ1n) is 9.86. The van der Waals surface area contributed by atoms with Gasteiger partial charge in [-0.2, -0.15) is 0 Å². The molecule has 0 amide bonds. The van der Waals surface area contributed by atoms with Crippen molar-refractivity contribution in [2.24, 2.45) is 0 Å². The van der Waals surface area contributed by atoms with Crippen LogP contribution in [-0.4, -0.2) is 23.1 Å². The fourth-order valence-electron chi connectivity index (χ4n) is 2.92. The van der Waals surface area contributed by atoms with Crippen LogP contribution in [0.15, 0.2) is 88.5 Å². The summed E-state index contributed by atoms with van der Waals surface area (Å²) in [7, 11) is 0. The van der Waals surface area contributed by atoms with Crippen LogP contribution < -0.4 is 4.74 Å². The van der Waals surface area contributed by atoms with Gasteiger partial charge in [0.2, 0.25) is 0 Å². The molecule has 0 spiro atoms. The van der Waals surface area contributed by atoms with Crippen molar-refractivity contribution in [1.29, 1.82) is 0 Å². The Bertz CT molecular complexity index is 1170. The van der Waals surface area contributed by atoms with Gasteiger partial charge < -0.3 is 9.15 Å². The number of fused-ring (bicyclic) bond motifs is 1. The van der Waals surface area contributed by atoms with E-state index < -0.39 is 0 Å². The van der Waals surface area contributed by atoms with Gasteiger partial charge in [0.15, 0.2) is 11.4 Å². The predicted molar refractivity (Wildman–Crippen MR) is 126 cm³/mol. The Hall–Kier alpha value is -3.02. The third kappa shape index (κ3) is 6.00. The molecule has 3 aromatic carbocycles. The Balaban J connectivity index is 1.21. The third-order valence-electron chi connectivity index (χ3n) is 4.47. The summed E-state index contributed by atoms with van der Waals surface area (Å²) in [5, 5.41) is 1.32. The molecule has 0 fully saturated rings. The van der Waals surface area contributed by atoms with Crippen LogP contribution in [0.2, 0.25) is 5.02 Å². The molecule has 31 heavy (non-hydrogen) atoms. The molecule has 0 saturated heterocycles. The van der Waals surface area contributed by atoms with E-state index in [4.69, 9.17) is 20.8 Å². The quantitative estimate of drug-likeness (QED) is 0.120. The van der Waals surface area contributed by atoms with Crippen molar-refractivity contribution in [2.45, 2.75) is 11.6 Å². The van der Waals surface area contributed by atoms with Gasteiger partial charge in [-0.1, -0.05) is 53.7 Å². The summed E-state index contributed by atoms with van der Waals surface area (Å²) in [5.74, 6) is 1.51. The van der Waals surface area contributed by atoms with E-state index in [0.717, 1.165) is 34.6 Å². The highest BCUT2D eigenvalue weighted by atomic mass is 35.5. The summed E-state index contributed by atoms with van der Waals surface area (Å²) in [6.07, 6.45) is 4.16. The number of hydrogen-bond donors (Lipinski definition) is 0. The Morgan fingerprint density at radius 1 is 1.06 bits per heavy atom. The molecule has 0 aliphatic carbocycles. The maximum Gasteiger partial charge on any atom is 0.256 e. The Morgan fingerprint density at radius 3 is 2.71 bits per heavy atom. The van der Waals surface area contributed by atoms with Crippen molar-refractivity contribution >= 4 is 46.3 Å². The van der Waals surface area contributed by atoms with Crippen LogP contribution in [0.5, 0.6) is 5.75 Å². The van der Waals surface area contributed by atoms with E-state index in [2.05, 4.69) is 4.98 Å². The zero-order chi connectivity index (χ0) is 21.5. The number of carbonyl (C=O) groups excluding carboxylic acids is 1. The van der Waals surface area contributed by atoms with E-state index >= 15 is 0 Å². The van der Waals surface area contributed by atoms with Gasteiger partial charge in [-0.3, -0.25) is 4.79 Å². The Labute approximate surface area is 189 Å². The lowest BCUT2D eigenvalue weighted by Gasteiger charge is -2.06. The number of halogens is 1. The summed E-state index contributed by atoms with van der Waals surface area (Å²) in [6, 6.07) is 22.3. The lowest BCUT2D eigenvalue weighted by molar-refractivity contribution is 0.104. The molecule has 0 unspecified atom stereocenters. The molecule has 0 saturated carbocycles. The van der Waals surface area contributed by atoms with Gasteiger partial charge in [0.1, 0.15) is 11.3 Å². The molecule has 156 valence electrons. The van der Waals surface area contributed by atoms with Crippen molar-refractivity contribution in [2.75, 3.05) is 12.4 Å². The van der Waals surface area contributed by atoms with E-state index in [1.54, 1.807) is 42.1 Å². The molecular formula is C25H20ClNO3S. The van der Waals surface area contributed by atoms with Crippen LogP contribution in [0.3, 0.4) is 0 Å². The van der Waals surface area contributed by atoms with Gasteiger partial charge in [-0.05, 0) is 66.6 Å². The number of nitrogens with zero attached hydrogens (tertiary/aromatic N) is 1. The van der Waals surface area contributed by atoms with Crippen molar-refractivity contribution in [3.63, 3.8) is 0 Å². The molecule has 0 radical (unpaired) electrons. The highest BCUT2D eigenvalue weighted by molar-refractivity contribution is 7.99. The minimum absolute atomic E-state index is 0.0683. The number of hydrogen-bond acceptors (Lipinski definition) is 5. The van der Waals surface area contributed by atoms with Crippen LogP contribution in [0.1, 0.15) is 22.3 Å². The van der Waals surface area contributed by atoms with Crippen LogP contribution in [-0.2, 0) is 0 Å². The Morgan fingerprint density at radius 2 is 1.90 bits per heavy atom. The molecule has 0 aliphatic heterocycles. The highest BCUT2D eigenvalue weighted by Crippen LogP contribution is 2.23. The second-order valence-electron chi connectivity index (χ2n) is 6.77. The number of oxazole rings is 1. The molecular weight excluding hydrogens is 430 g/mol. The number of carbonyl (C=O) groups is 1. The average molecular weight is 450 g/mol. The standard InChI is InChI=1S/C25H20ClNO3S/c26-20-6-3-5-18(17-20)9-14-23(28)19-10-12-21(13-11-19)29-15-4-16-31-25-27-22-7-1-2-8-24(22)30-25/h1-3,5-14,17H,4,15-16H2. The molecule has 0 aliphatic rings. The number of ketones is 1. The van der Waals surface area contributed by atoms with Gasteiger partial charge in [0, 0.05) is 16.3 Å². The van der Waals surface area contributed by atoms with E-state index in [1.807, 2.05) is 54.6 Å². The number of para-hydroxylation sites is 2. The number of rotatable bonds is 9. The molecule has 0 bridgehead atoms. The van der Waals surface area contributed by atoms with Crippen LogP contribution in [0.25, 0.3) is 17.2 Å². The lowest BCUT2D eigenvalue weighted by Crippen LogP contribution is -2.00. The topological polar surface area (TPSA) is 52.3 Å². The van der Waals surface area contributed by atoms with Crippen LogP contribution in [0.4, 0.5) is 0 Å². The van der Waals surface area contributed by atoms with Crippen molar-refractivity contribution in [1.82, 2.24) is 4.98 Å². The lowest BCUT2D eigenvalue weighted by atomic mass is 10.1. The Kier molecular flexibility index (Phi) is 7.07. The maximum absolute atomic E-state index is 12.3. The number of benzene rings is 3. The number of allylic oxidation sites excluding steroid dienone is 1. The summed E-state index contributed by atoms with van der Waals surface area (Å²) in [5.41, 5.74) is 3.17. The largest absolute Gasteiger partial charge is 0.494 e. The molecule has 4 aromatic rings. The van der Waals surface area contributed by atoms with E-state index in [0.29, 0.717) is 22.4 Å². The van der Waals surface area contributed by atoms with E-state index in [1.165, 1.54) is 0 Å². The normalized spacial score (nSPS) is 11.3. The average Bonchev–Trinajstić information content (AvgIpc) is 3.20. The second kappa shape index (κ2) is 10.3.